The van der Waals surface area contributed by atoms with Crippen LogP contribution in [-0.4, -0.2) is 65.8 Å². The fourth-order valence-electron chi connectivity index (χ4n) is 4.60. The van der Waals surface area contributed by atoms with Crippen LogP contribution >= 0.6 is 11.6 Å². The lowest BCUT2D eigenvalue weighted by Gasteiger charge is -2.43. The minimum Gasteiger partial charge on any atom is -0.490 e. The highest BCUT2D eigenvalue weighted by Gasteiger charge is 2.41. The molecular formula is C23H35ClFNO4. The quantitative estimate of drug-likeness (QED) is 0.722. The minimum atomic E-state index is -1.23. The van der Waals surface area contributed by atoms with Gasteiger partial charge in [0.1, 0.15) is 23.8 Å². The molecule has 0 bridgehead atoms. The van der Waals surface area contributed by atoms with E-state index < -0.39 is 17.0 Å². The molecule has 0 aromatic heterocycles. The fraction of sp³-hybridized carbons (Fsp3) is 0.739. The second kappa shape index (κ2) is 9.29. The summed E-state index contributed by atoms with van der Waals surface area (Å²) in [5.41, 5.74) is -1.70. The van der Waals surface area contributed by atoms with Gasteiger partial charge in [-0.3, -0.25) is 4.90 Å². The van der Waals surface area contributed by atoms with Gasteiger partial charge < -0.3 is 19.7 Å². The molecule has 2 N–H and O–H groups in total. The maximum atomic E-state index is 13.3. The first-order valence-electron chi connectivity index (χ1n) is 10.8. The summed E-state index contributed by atoms with van der Waals surface area (Å²) in [6, 6.07) is 4.11. The highest BCUT2D eigenvalue weighted by atomic mass is 35.5. The Bertz CT molecular complexity index is 718. The van der Waals surface area contributed by atoms with Crippen molar-refractivity contribution in [3.63, 3.8) is 0 Å². The summed E-state index contributed by atoms with van der Waals surface area (Å²) in [5.74, 6) is 0.504. The molecule has 170 valence electrons. The molecule has 1 aromatic rings. The van der Waals surface area contributed by atoms with Crippen molar-refractivity contribution >= 4 is 11.6 Å². The Morgan fingerprint density at radius 2 is 1.93 bits per heavy atom. The molecular weight excluding hydrogens is 409 g/mol. The number of ether oxygens (including phenoxy) is 2. The van der Waals surface area contributed by atoms with E-state index in [0.29, 0.717) is 37.9 Å². The standard InChI is InChI=1S/C23H35ClFNO4/c1-21(2,3)17-6-8-22(27,9-7-17)13-26-10-11-29-15-23(28,14-26)16-30-18-4-5-20(25)19(24)12-18/h4-5,12,17,27-28H,6-11,13-16H2,1-3H3. The molecule has 5 nitrogen and oxygen atoms in total. The van der Waals surface area contributed by atoms with Crippen LogP contribution in [0.15, 0.2) is 18.2 Å². The molecule has 7 heteroatoms. The van der Waals surface area contributed by atoms with E-state index in [4.69, 9.17) is 21.1 Å². The number of hydrogen-bond donors (Lipinski definition) is 2. The molecule has 0 radical (unpaired) electrons. The zero-order valence-corrected chi connectivity index (χ0v) is 19.1. The lowest BCUT2D eigenvalue weighted by molar-refractivity contribution is -0.0807. The topological polar surface area (TPSA) is 62.2 Å². The molecule has 1 aliphatic heterocycles. The molecule has 0 spiro atoms. The van der Waals surface area contributed by atoms with Gasteiger partial charge in [-0.2, -0.15) is 0 Å². The van der Waals surface area contributed by atoms with Crippen LogP contribution in [0.25, 0.3) is 0 Å². The van der Waals surface area contributed by atoms with Crippen LogP contribution in [0.2, 0.25) is 5.02 Å². The average Bonchev–Trinajstić information content (AvgIpc) is 2.83. The van der Waals surface area contributed by atoms with Gasteiger partial charge in [-0.1, -0.05) is 32.4 Å². The average molecular weight is 444 g/mol. The van der Waals surface area contributed by atoms with Crippen molar-refractivity contribution in [2.75, 3.05) is 39.5 Å². The van der Waals surface area contributed by atoms with Gasteiger partial charge in [-0.05, 0) is 49.1 Å². The summed E-state index contributed by atoms with van der Waals surface area (Å²) in [5, 5.41) is 22.3. The summed E-state index contributed by atoms with van der Waals surface area (Å²) in [6.07, 6.45) is 3.58. The van der Waals surface area contributed by atoms with E-state index in [1.807, 2.05) is 0 Å². The second-order valence-corrected chi connectivity index (χ2v) is 10.6. The normalized spacial score (nSPS) is 31.4. The van der Waals surface area contributed by atoms with Crippen LogP contribution in [0.5, 0.6) is 5.75 Å². The van der Waals surface area contributed by atoms with Crippen LogP contribution in [-0.2, 0) is 4.74 Å². The Morgan fingerprint density at radius 3 is 2.57 bits per heavy atom. The van der Waals surface area contributed by atoms with Gasteiger partial charge in [0.2, 0.25) is 0 Å². The molecule has 0 amide bonds. The molecule has 1 unspecified atom stereocenters. The van der Waals surface area contributed by atoms with Crippen molar-refractivity contribution in [1.82, 2.24) is 4.90 Å². The summed E-state index contributed by atoms with van der Waals surface area (Å²) in [7, 11) is 0. The van der Waals surface area contributed by atoms with Gasteiger partial charge in [0.15, 0.2) is 0 Å². The third-order valence-electron chi connectivity index (χ3n) is 6.50. The van der Waals surface area contributed by atoms with Crippen LogP contribution in [0.3, 0.4) is 0 Å². The largest absolute Gasteiger partial charge is 0.490 e. The molecule has 1 saturated carbocycles. The Hall–Kier alpha value is -0.920. The minimum absolute atomic E-state index is 0.00398. The fourth-order valence-corrected chi connectivity index (χ4v) is 4.77. The van der Waals surface area contributed by atoms with Crippen molar-refractivity contribution in [3.05, 3.63) is 29.0 Å². The Balaban J connectivity index is 1.58. The number of aliphatic hydroxyl groups is 2. The smallest absolute Gasteiger partial charge is 0.142 e. The number of benzene rings is 1. The number of hydrogen-bond acceptors (Lipinski definition) is 5. The summed E-state index contributed by atoms with van der Waals surface area (Å²) in [6.45, 7) is 8.93. The highest BCUT2D eigenvalue weighted by Crippen LogP contribution is 2.41. The van der Waals surface area contributed by atoms with Gasteiger partial charge in [0.05, 0.1) is 23.8 Å². The molecule has 1 atom stereocenters. The molecule has 2 fully saturated rings. The molecule has 1 aromatic carbocycles. The van der Waals surface area contributed by atoms with Crippen molar-refractivity contribution in [1.29, 1.82) is 0 Å². The molecule has 30 heavy (non-hydrogen) atoms. The van der Waals surface area contributed by atoms with E-state index in [1.54, 1.807) is 0 Å². The van der Waals surface area contributed by atoms with Crippen LogP contribution in [0, 0.1) is 17.2 Å². The lowest BCUT2D eigenvalue weighted by atomic mass is 9.68. The highest BCUT2D eigenvalue weighted by molar-refractivity contribution is 6.30. The Morgan fingerprint density at radius 1 is 1.23 bits per heavy atom. The first-order chi connectivity index (χ1) is 14.0. The number of halogens is 2. The maximum Gasteiger partial charge on any atom is 0.142 e. The second-order valence-electron chi connectivity index (χ2n) is 10.2. The Kier molecular flexibility index (Phi) is 7.35. The zero-order chi connectivity index (χ0) is 22.0. The van der Waals surface area contributed by atoms with E-state index in [9.17, 15) is 14.6 Å². The van der Waals surface area contributed by atoms with E-state index in [-0.39, 0.29) is 23.7 Å². The van der Waals surface area contributed by atoms with Gasteiger partial charge in [0, 0.05) is 25.7 Å². The summed E-state index contributed by atoms with van der Waals surface area (Å²) < 4.78 is 24.6. The molecule has 1 saturated heterocycles. The SMILES string of the molecule is CC(C)(C)C1CCC(O)(CN2CCOCC(O)(COc3ccc(F)c(Cl)c3)C2)CC1. The van der Waals surface area contributed by atoms with Gasteiger partial charge in [-0.15, -0.1) is 0 Å². The molecule has 1 aliphatic carbocycles. The zero-order valence-electron chi connectivity index (χ0n) is 18.3. The first-order valence-corrected chi connectivity index (χ1v) is 11.2. The van der Waals surface area contributed by atoms with E-state index in [2.05, 4.69) is 25.7 Å². The molecule has 2 aliphatic rings. The maximum absolute atomic E-state index is 13.3. The lowest BCUT2D eigenvalue weighted by Crippen LogP contribution is -2.53. The molecule has 3 rings (SSSR count). The predicted octanol–water partition coefficient (Wildman–Crippen LogP) is 3.89. The number of rotatable bonds is 5. The van der Waals surface area contributed by atoms with Gasteiger partial charge in [-0.25, -0.2) is 4.39 Å². The van der Waals surface area contributed by atoms with Crippen LogP contribution < -0.4 is 4.74 Å². The summed E-state index contributed by atoms with van der Waals surface area (Å²) in [4.78, 5) is 2.07. The van der Waals surface area contributed by atoms with Gasteiger partial charge in [0.25, 0.3) is 0 Å². The summed E-state index contributed by atoms with van der Waals surface area (Å²) >= 11 is 5.80. The van der Waals surface area contributed by atoms with Crippen LogP contribution in [0.1, 0.15) is 46.5 Å². The number of nitrogens with zero attached hydrogens (tertiary/aromatic N) is 1. The van der Waals surface area contributed by atoms with E-state index >= 15 is 0 Å². The first kappa shape index (κ1) is 23.7. The van der Waals surface area contributed by atoms with Crippen molar-refractivity contribution in [3.8, 4) is 5.75 Å². The third-order valence-corrected chi connectivity index (χ3v) is 6.79. The van der Waals surface area contributed by atoms with E-state index in [0.717, 1.165) is 25.7 Å². The molecule has 1 heterocycles. The Labute approximate surface area is 184 Å². The van der Waals surface area contributed by atoms with Crippen molar-refractivity contribution < 1.29 is 24.1 Å². The third kappa shape index (κ3) is 6.30. The van der Waals surface area contributed by atoms with Crippen LogP contribution in [0.4, 0.5) is 4.39 Å². The number of β-amino-alcohol motifs (C(OH)–C–C–N with tert-alkyl or cyclic N) is 2. The van der Waals surface area contributed by atoms with E-state index in [1.165, 1.54) is 18.2 Å². The van der Waals surface area contributed by atoms with Gasteiger partial charge >= 0.3 is 0 Å². The predicted molar refractivity (Wildman–Crippen MR) is 115 cm³/mol. The van der Waals surface area contributed by atoms with Crippen molar-refractivity contribution in [2.24, 2.45) is 11.3 Å². The van der Waals surface area contributed by atoms with Crippen molar-refractivity contribution in [2.45, 2.75) is 57.7 Å². The monoisotopic (exact) mass is 443 g/mol.